The minimum Gasteiger partial charge on any atom is -0.468 e. The smallest absolute Gasteiger partial charge is 0.324 e. The van der Waals surface area contributed by atoms with Crippen LogP contribution in [0.15, 0.2) is 71.6 Å². The number of ether oxygens (including phenoxy) is 2. The number of esters is 2. The lowest BCUT2D eigenvalue weighted by Crippen LogP contribution is -2.26. The van der Waals surface area contributed by atoms with Gasteiger partial charge in [0.25, 0.3) is 10.0 Å². The summed E-state index contributed by atoms with van der Waals surface area (Å²) in [5.41, 5.74) is 0.219. The number of para-hydroxylation sites is 1. The molecule has 0 aromatic heterocycles. The molecule has 7 nitrogen and oxygen atoms in total. The third-order valence-corrected chi connectivity index (χ3v) is 5.85. The third kappa shape index (κ3) is 4.07. The second-order valence-corrected chi connectivity index (χ2v) is 7.80. The first kappa shape index (κ1) is 20.3. The molecule has 0 amide bonds. The number of nitrogens with one attached hydrogen (secondary N) is 1. The average Bonchev–Trinajstić information content (AvgIpc) is 2.74. The van der Waals surface area contributed by atoms with Gasteiger partial charge in [-0.1, -0.05) is 54.6 Å². The van der Waals surface area contributed by atoms with E-state index in [4.69, 9.17) is 9.47 Å². The van der Waals surface area contributed by atoms with Crippen LogP contribution >= 0.6 is 0 Å². The van der Waals surface area contributed by atoms with Gasteiger partial charge >= 0.3 is 11.9 Å². The highest BCUT2D eigenvalue weighted by Crippen LogP contribution is 2.30. The maximum Gasteiger partial charge on any atom is 0.324 e. The second-order valence-electron chi connectivity index (χ2n) is 6.15. The number of hydrogen-bond acceptors (Lipinski definition) is 6. The maximum atomic E-state index is 13.1. The molecule has 3 aromatic rings. The summed E-state index contributed by atoms with van der Waals surface area (Å²) >= 11 is 0. The Labute approximate surface area is 168 Å². The maximum absolute atomic E-state index is 13.1. The van der Waals surface area contributed by atoms with Crippen LogP contribution < -0.4 is 4.72 Å². The summed E-state index contributed by atoms with van der Waals surface area (Å²) in [6, 6.07) is 18.2. The van der Waals surface area contributed by atoms with Gasteiger partial charge < -0.3 is 9.47 Å². The van der Waals surface area contributed by atoms with Crippen LogP contribution in [0.25, 0.3) is 10.8 Å². The van der Waals surface area contributed by atoms with Crippen molar-refractivity contribution in [2.45, 2.75) is 10.8 Å². The molecule has 3 rings (SSSR count). The SMILES string of the molecule is COC(=O)C(C(=O)OC)c1ccccc1NS(=O)(=O)c1cccc2ccccc12. The fraction of sp³-hybridized carbons (Fsp3) is 0.143. The molecule has 8 heteroatoms. The lowest BCUT2D eigenvalue weighted by atomic mass is 9.97. The Balaban J connectivity index is 2.09. The van der Waals surface area contributed by atoms with Crippen molar-refractivity contribution in [3.05, 3.63) is 72.3 Å². The molecular weight excluding hydrogens is 394 g/mol. The number of fused-ring (bicyclic) bond motifs is 1. The molecule has 0 heterocycles. The molecule has 0 saturated heterocycles. The van der Waals surface area contributed by atoms with E-state index in [1.807, 2.05) is 18.2 Å². The monoisotopic (exact) mass is 413 g/mol. The van der Waals surface area contributed by atoms with Crippen molar-refractivity contribution >= 4 is 38.4 Å². The fourth-order valence-electron chi connectivity index (χ4n) is 3.06. The third-order valence-electron chi connectivity index (χ3n) is 4.43. The van der Waals surface area contributed by atoms with E-state index in [9.17, 15) is 18.0 Å². The summed E-state index contributed by atoms with van der Waals surface area (Å²) in [6.07, 6.45) is 0. The van der Waals surface area contributed by atoms with Gasteiger partial charge in [0, 0.05) is 10.9 Å². The van der Waals surface area contributed by atoms with Crippen LogP contribution in [0.4, 0.5) is 5.69 Å². The number of hydrogen-bond donors (Lipinski definition) is 1. The van der Waals surface area contributed by atoms with Crippen LogP contribution in [-0.2, 0) is 29.1 Å². The first-order valence-corrected chi connectivity index (χ1v) is 10.1. The van der Waals surface area contributed by atoms with E-state index in [1.54, 1.807) is 30.3 Å². The Hall–Kier alpha value is -3.39. The van der Waals surface area contributed by atoms with E-state index >= 15 is 0 Å². The van der Waals surface area contributed by atoms with Gasteiger partial charge in [-0.15, -0.1) is 0 Å². The summed E-state index contributed by atoms with van der Waals surface area (Å²) in [4.78, 5) is 24.4. The first-order chi connectivity index (χ1) is 13.9. The molecule has 0 radical (unpaired) electrons. The van der Waals surface area contributed by atoms with Gasteiger partial charge in [-0.05, 0) is 17.5 Å². The summed E-state index contributed by atoms with van der Waals surface area (Å²) in [6.45, 7) is 0. The predicted octanol–water partition coefficient (Wildman–Crippen LogP) is 3.07. The van der Waals surface area contributed by atoms with Crippen LogP contribution in [0.2, 0.25) is 0 Å². The van der Waals surface area contributed by atoms with E-state index in [0.29, 0.717) is 5.39 Å². The number of methoxy groups -OCH3 is 2. The summed E-state index contributed by atoms with van der Waals surface area (Å²) in [7, 11) is -1.73. The van der Waals surface area contributed by atoms with Gasteiger partial charge in [0.2, 0.25) is 0 Å². The molecule has 0 aliphatic carbocycles. The molecule has 0 spiro atoms. The van der Waals surface area contributed by atoms with Crippen molar-refractivity contribution in [1.29, 1.82) is 0 Å². The second kappa shape index (κ2) is 8.32. The van der Waals surface area contributed by atoms with Gasteiger partial charge in [0.15, 0.2) is 5.92 Å². The number of carbonyl (C=O) groups is 2. The summed E-state index contributed by atoms with van der Waals surface area (Å²) in [5, 5.41) is 1.32. The Kier molecular flexibility index (Phi) is 5.84. The molecule has 150 valence electrons. The number of rotatable bonds is 6. The molecule has 0 atom stereocenters. The highest BCUT2D eigenvalue weighted by atomic mass is 32.2. The van der Waals surface area contributed by atoms with Crippen molar-refractivity contribution in [3.63, 3.8) is 0 Å². The fourth-order valence-corrected chi connectivity index (χ4v) is 4.38. The average molecular weight is 413 g/mol. The normalized spacial score (nSPS) is 11.3. The lowest BCUT2D eigenvalue weighted by Gasteiger charge is -2.18. The van der Waals surface area contributed by atoms with Crippen LogP contribution in [0.1, 0.15) is 11.5 Å². The summed E-state index contributed by atoms with van der Waals surface area (Å²) < 4.78 is 38.1. The van der Waals surface area contributed by atoms with Crippen molar-refractivity contribution in [3.8, 4) is 0 Å². The molecule has 0 fully saturated rings. The topological polar surface area (TPSA) is 98.8 Å². The van der Waals surface area contributed by atoms with Crippen LogP contribution in [0, 0.1) is 0 Å². The molecule has 0 saturated carbocycles. The quantitative estimate of drug-likeness (QED) is 0.493. The number of benzene rings is 3. The Morgan fingerprint density at radius 2 is 1.41 bits per heavy atom. The highest BCUT2D eigenvalue weighted by Gasteiger charge is 2.33. The molecule has 0 unspecified atom stereocenters. The molecule has 0 aliphatic rings. The van der Waals surface area contributed by atoms with E-state index in [0.717, 1.165) is 19.6 Å². The zero-order valence-corrected chi connectivity index (χ0v) is 16.6. The van der Waals surface area contributed by atoms with Gasteiger partial charge in [-0.3, -0.25) is 14.3 Å². The van der Waals surface area contributed by atoms with Crippen molar-refractivity contribution in [2.75, 3.05) is 18.9 Å². The minimum absolute atomic E-state index is 0.0816. The molecule has 3 aromatic carbocycles. The Bertz CT molecular complexity index is 1150. The van der Waals surface area contributed by atoms with Gasteiger partial charge in [-0.25, -0.2) is 8.42 Å². The van der Waals surface area contributed by atoms with E-state index in [2.05, 4.69) is 4.72 Å². The zero-order valence-electron chi connectivity index (χ0n) is 15.8. The van der Waals surface area contributed by atoms with Crippen molar-refractivity contribution in [1.82, 2.24) is 0 Å². The summed E-state index contributed by atoms with van der Waals surface area (Å²) in [5.74, 6) is -3.13. The molecule has 0 bridgehead atoms. The Morgan fingerprint density at radius 3 is 2.10 bits per heavy atom. The lowest BCUT2D eigenvalue weighted by molar-refractivity contribution is -0.154. The highest BCUT2D eigenvalue weighted by molar-refractivity contribution is 7.93. The van der Waals surface area contributed by atoms with E-state index in [1.165, 1.54) is 18.2 Å². The molecule has 0 aliphatic heterocycles. The van der Waals surface area contributed by atoms with Gasteiger partial charge in [-0.2, -0.15) is 0 Å². The van der Waals surface area contributed by atoms with Crippen molar-refractivity contribution < 1.29 is 27.5 Å². The van der Waals surface area contributed by atoms with Crippen LogP contribution in [0.5, 0.6) is 0 Å². The standard InChI is InChI=1S/C21H19NO6S/c1-27-20(23)19(21(24)28-2)16-11-5-6-12-17(16)22-29(25,26)18-13-7-9-14-8-3-4-10-15(14)18/h3-13,19,22H,1-2H3. The molecule has 1 N–H and O–H groups in total. The Morgan fingerprint density at radius 1 is 0.828 bits per heavy atom. The van der Waals surface area contributed by atoms with Crippen LogP contribution in [0.3, 0.4) is 0 Å². The number of anilines is 1. The largest absolute Gasteiger partial charge is 0.468 e. The van der Waals surface area contributed by atoms with Gasteiger partial charge in [0.05, 0.1) is 24.8 Å². The minimum atomic E-state index is -4.02. The van der Waals surface area contributed by atoms with E-state index < -0.39 is 27.9 Å². The number of carbonyl (C=O) groups excluding carboxylic acids is 2. The molecule has 29 heavy (non-hydrogen) atoms. The number of sulfonamides is 1. The first-order valence-electron chi connectivity index (χ1n) is 8.64. The van der Waals surface area contributed by atoms with E-state index in [-0.39, 0.29) is 16.1 Å². The zero-order chi connectivity index (χ0) is 21.0. The molecular formula is C21H19NO6S. The predicted molar refractivity (Wildman–Crippen MR) is 108 cm³/mol. The van der Waals surface area contributed by atoms with Crippen LogP contribution in [-0.4, -0.2) is 34.6 Å². The van der Waals surface area contributed by atoms with Gasteiger partial charge in [0.1, 0.15) is 0 Å². The van der Waals surface area contributed by atoms with Crippen molar-refractivity contribution in [2.24, 2.45) is 0 Å².